The van der Waals surface area contributed by atoms with Gasteiger partial charge in [0, 0.05) is 24.4 Å². The third kappa shape index (κ3) is 4.65. The number of carbonyl (C=O) groups is 1. The Bertz CT molecular complexity index is 1030. The summed E-state index contributed by atoms with van der Waals surface area (Å²) < 4.78 is 66.6. The summed E-state index contributed by atoms with van der Waals surface area (Å²) in [4.78, 5) is 12.4. The lowest BCUT2D eigenvalue weighted by Gasteiger charge is -2.15. The molecule has 0 saturated heterocycles. The number of alkyl halides is 3. The first-order valence-corrected chi connectivity index (χ1v) is 9.94. The lowest BCUT2D eigenvalue weighted by molar-refractivity contribution is -0.176. The molecule has 0 aliphatic rings. The molecule has 0 aliphatic heterocycles. The summed E-state index contributed by atoms with van der Waals surface area (Å²) in [5, 5.41) is 13.5. The first-order valence-electron chi connectivity index (χ1n) is 7.67. The van der Waals surface area contributed by atoms with Crippen LogP contribution >= 0.6 is 11.6 Å². The Morgan fingerprint density at radius 1 is 1.36 bits per heavy atom. The van der Waals surface area contributed by atoms with Crippen LogP contribution in [-0.4, -0.2) is 48.1 Å². The molecule has 1 heterocycles. The van der Waals surface area contributed by atoms with Gasteiger partial charge in [0.2, 0.25) is 11.7 Å². The van der Waals surface area contributed by atoms with Gasteiger partial charge in [-0.1, -0.05) is 11.6 Å². The number of aromatic hydroxyl groups is 1. The molecule has 0 fully saturated rings. The topological polar surface area (TPSA) is 98.5 Å². The van der Waals surface area contributed by atoms with Crippen LogP contribution in [0.15, 0.2) is 17.0 Å². The van der Waals surface area contributed by atoms with Gasteiger partial charge in [-0.25, -0.2) is 13.1 Å². The molecule has 0 amide bonds. The largest absolute Gasteiger partial charge is 0.493 e. The number of rotatable bonds is 6. The zero-order valence-corrected chi connectivity index (χ0v) is 16.5. The third-order valence-electron chi connectivity index (χ3n) is 3.78. The molecule has 0 saturated carbocycles. The summed E-state index contributed by atoms with van der Waals surface area (Å²) in [6.45, 7) is -0.924. The van der Waals surface area contributed by atoms with Crippen molar-refractivity contribution in [1.82, 2.24) is 9.78 Å². The number of nitrogens with zero attached hydrogens (tertiary/aromatic N) is 2. The van der Waals surface area contributed by atoms with Gasteiger partial charge in [-0.05, 0) is 19.1 Å². The molecule has 1 aromatic carbocycles. The fourth-order valence-corrected chi connectivity index (χ4v) is 3.86. The van der Waals surface area contributed by atoms with Crippen molar-refractivity contribution >= 4 is 27.2 Å². The summed E-state index contributed by atoms with van der Waals surface area (Å²) in [6.07, 6.45) is -3.77. The molecule has 28 heavy (non-hydrogen) atoms. The predicted molar refractivity (Wildman–Crippen MR) is 93.3 cm³/mol. The fourth-order valence-electron chi connectivity index (χ4n) is 2.58. The Labute approximate surface area is 163 Å². The summed E-state index contributed by atoms with van der Waals surface area (Å²) >= 11 is 6.17. The Morgan fingerprint density at radius 2 is 1.96 bits per heavy atom. The van der Waals surface area contributed by atoms with Gasteiger partial charge in [0.1, 0.15) is 12.2 Å². The third-order valence-corrected chi connectivity index (χ3v) is 5.39. The molecule has 1 N–H and O–H groups in total. The van der Waals surface area contributed by atoms with E-state index in [1.165, 1.54) is 14.0 Å². The highest BCUT2D eigenvalue weighted by Gasteiger charge is 2.30. The average Bonchev–Trinajstić information content (AvgIpc) is 2.78. The molecule has 7 nitrogen and oxygen atoms in total. The molecule has 2 aromatic rings. The van der Waals surface area contributed by atoms with E-state index in [9.17, 15) is 31.5 Å². The second-order valence-corrected chi connectivity index (χ2v) is 8.38. The second kappa shape index (κ2) is 7.72. The van der Waals surface area contributed by atoms with Crippen molar-refractivity contribution in [2.75, 3.05) is 12.9 Å². The molecular formula is C16H16ClF3N2O5S. The molecule has 1 aromatic heterocycles. The van der Waals surface area contributed by atoms with E-state index >= 15 is 0 Å². The number of hydrogen-bond donors (Lipinski definition) is 1. The zero-order chi connectivity index (χ0) is 21.4. The quantitative estimate of drug-likeness (QED) is 0.693. The molecule has 0 bridgehead atoms. The normalized spacial score (nSPS) is 12.4. The van der Waals surface area contributed by atoms with E-state index < -0.39 is 40.9 Å². The van der Waals surface area contributed by atoms with Gasteiger partial charge in [-0.3, -0.25) is 4.79 Å². The fraction of sp³-hybridized carbons (Fsp3) is 0.375. The van der Waals surface area contributed by atoms with Crippen LogP contribution in [0.25, 0.3) is 0 Å². The lowest BCUT2D eigenvalue weighted by Crippen LogP contribution is -2.18. The number of aromatic nitrogens is 2. The van der Waals surface area contributed by atoms with E-state index in [0.29, 0.717) is 0 Å². The summed E-state index contributed by atoms with van der Waals surface area (Å²) in [5.74, 6) is -1.19. The standard InChI is InChI=1S/C16H16ClF3N2O5S/c1-8-12(15(24)22(2)21-8)14(23)9-4-5-11(28(3,25)26)10(13(9)17)6-27-7-16(18,19)20/h4-5,24H,6-7H2,1-3H3. The second-order valence-electron chi connectivity index (χ2n) is 6.02. The summed E-state index contributed by atoms with van der Waals surface area (Å²) in [5.41, 5.74) is -0.437. The maximum atomic E-state index is 12.8. The molecule has 0 atom stereocenters. The minimum Gasteiger partial charge on any atom is -0.493 e. The van der Waals surface area contributed by atoms with Crippen molar-refractivity contribution < 1.29 is 36.2 Å². The van der Waals surface area contributed by atoms with E-state index in [1.807, 2.05) is 0 Å². The number of sulfone groups is 1. The Balaban J connectivity index is 2.55. The van der Waals surface area contributed by atoms with Gasteiger partial charge in [0.15, 0.2) is 9.84 Å². The highest BCUT2D eigenvalue weighted by Crippen LogP contribution is 2.33. The van der Waals surface area contributed by atoms with Crippen molar-refractivity contribution in [3.63, 3.8) is 0 Å². The van der Waals surface area contributed by atoms with E-state index in [4.69, 9.17) is 11.6 Å². The lowest BCUT2D eigenvalue weighted by atomic mass is 10.0. The minimum absolute atomic E-state index is 0.154. The van der Waals surface area contributed by atoms with Gasteiger partial charge in [0.05, 0.1) is 22.2 Å². The van der Waals surface area contributed by atoms with Crippen molar-refractivity contribution in [3.05, 3.63) is 39.5 Å². The molecule has 0 radical (unpaired) electrons. The smallest absolute Gasteiger partial charge is 0.411 e. The van der Waals surface area contributed by atoms with Crippen molar-refractivity contribution in [1.29, 1.82) is 0 Å². The molecule has 0 aliphatic carbocycles. The van der Waals surface area contributed by atoms with E-state index in [2.05, 4.69) is 9.84 Å². The van der Waals surface area contributed by atoms with Crippen LogP contribution in [-0.2, 0) is 28.2 Å². The number of benzene rings is 1. The molecule has 0 unspecified atom stereocenters. The van der Waals surface area contributed by atoms with Gasteiger partial charge < -0.3 is 9.84 Å². The molecular weight excluding hydrogens is 425 g/mol. The van der Waals surface area contributed by atoms with Gasteiger partial charge in [-0.2, -0.15) is 18.3 Å². The first kappa shape index (κ1) is 22.2. The molecule has 2 rings (SSSR count). The number of ether oxygens (including phenoxy) is 1. The highest BCUT2D eigenvalue weighted by molar-refractivity contribution is 7.90. The molecule has 0 spiro atoms. The van der Waals surface area contributed by atoms with E-state index in [0.717, 1.165) is 23.1 Å². The van der Waals surface area contributed by atoms with Crippen LogP contribution in [0, 0.1) is 6.92 Å². The maximum absolute atomic E-state index is 12.8. The Morgan fingerprint density at radius 3 is 2.43 bits per heavy atom. The summed E-state index contributed by atoms with van der Waals surface area (Å²) in [6, 6.07) is 2.18. The Kier molecular flexibility index (Phi) is 6.12. The van der Waals surface area contributed by atoms with E-state index in [1.54, 1.807) is 0 Å². The molecule has 12 heteroatoms. The minimum atomic E-state index is -4.62. The average molecular weight is 441 g/mol. The SMILES string of the molecule is Cc1nn(C)c(O)c1C(=O)c1ccc(S(C)(=O)=O)c(COCC(F)(F)F)c1Cl. The van der Waals surface area contributed by atoms with E-state index in [-0.39, 0.29) is 32.3 Å². The number of ketones is 1. The van der Waals surface area contributed by atoms with Crippen molar-refractivity contribution in [2.24, 2.45) is 7.05 Å². The summed E-state index contributed by atoms with van der Waals surface area (Å²) in [7, 11) is -2.46. The van der Waals surface area contributed by atoms with Crippen LogP contribution in [0.3, 0.4) is 0 Å². The number of hydrogen-bond acceptors (Lipinski definition) is 6. The van der Waals surface area contributed by atoms with Crippen LogP contribution < -0.4 is 0 Å². The van der Waals surface area contributed by atoms with Crippen LogP contribution in [0.1, 0.15) is 27.2 Å². The van der Waals surface area contributed by atoms with Gasteiger partial charge in [0.25, 0.3) is 0 Å². The van der Waals surface area contributed by atoms with Gasteiger partial charge in [-0.15, -0.1) is 0 Å². The number of aryl methyl sites for hydroxylation is 2. The molecule has 154 valence electrons. The maximum Gasteiger partial charge on any atom is 0.411 e. The van der Waals surface area contributed by atoms with Crippen molar-refractivity contribution in [2.45, 2.75) is 24.6 Å². The number of halogens is 4. The van der Waals surface area contributed by atoms with Gasteiger partial charge >= 0.3 is 6.18 Å². The predicted octanol–water partition coefficient (Wildman–Crippen LogP) is 2.80. The van der Waals surface area contributed by atoms with Crippen LogP contribution in [0.2, 0.25) is 5.02 Å². The Hall–Kier alpha value is -2.11. The first-order chi connectivity index (χ1) is 12.7. The van der Waals surface area contributed by atoms with Crippen molar-refractivity contribution in [3.8, 4) is 5.88 Å². The van der Waals surface area contributed by atoms with Crippen LogP contribution in [0.5, 0.6) is 5.88 Å². The van der Waals surface area contributed by atoms with Crippen LogP contribution in [0.4, 0.5) is 13.2 Å². The zero-order valence-electron chi connectivity index (χ0n) is 15.0. The highest BCUT2D eigenvalue weighted by atomic mass is 35.5. The monoisotopic (exact) mass is 440 g/mol. The number of carbonyl (C=O) groups excluding carboxylic acids is 1.